The topological polar surface area (TPSA) is 29.4 Å². The summed E-state index contributed by atoms with van der Waals surface area (Å²) < 4.78 is 0. The fraction of sp³-hybridized carbons (Fsp3) is 0.143. The summed E-state index contributed by atoms with van der Waals surface area (Å²) >= 11 is 0. The third kappa shape index (κ3) is 1.87. The standard InChI is InChI=1S/C14H13NO/c1-10-5-3-4-6-13(10)14-8-7-12(15-16)9-11(14)2/h3-9H,1-2H3. The summed E-state index contributed by atoms with van der Waals surface area (Å²) in [4.78, 5) is 10.4. The van der Waals surface area contributed by atoms with Gasteiger partial charge in [-0.2, -0.15) is 0 Å². The van der Waals surface area contributed by atoms with Crippen molar-refractivity contribution in [2.24, 2.45) is 5.18 Å². The first kappa shape index (κ1) is 10.6. The second-order valence-corrected chi connectivity index (χ2v) is 3.91. The van der Waals surface area contributed by atoms with Gasteiger partial charge in [-0.1, -0.05) is 30.3 Å². The zero-order valence-corrected chi connectivity index (χ0v) is 9.40. The predicted octanol–water partition coefficient (Wildman–Crippen LogP) is 4.37. The van der Waals surface area contributed by atoms with Gasteiger partial charge in [-0.25, -0.2) is 0 Å². The molecule has 0 saturated carbocycles. The quantitative estimate of drug-likeness (QED) is 0.678. The highest BCUT2D eigenvalue weighted by Crippen LogP contribution is 2.28. The molecule has 0 atom stereocenters. The van der Waals surface area contributed by atoms with E-state index in [1.807, 2.05) is 31.2 Å². The Hall–Kier alpha value is -1.96. The van der Waals surface area contributed by atoms with Crippen molar-refractivity contribution in [3.63, 3.8) is 0 Å². The van der Waals surface area contributed by atoms with Crippen LogP contribution in [0.1, 0.15) is 11.1 Å². The van der Waals surface area contributed by atoms with Gasteiger partial charge in [0.15, 0.2) is 0 Å². The van der Waals surface area contributed by atoms with Crippen LogP contribution in [-0.4, -0.2) is 0 Å². The van der Waals surface area contributed by atoms with E-state index in [1.165, 1.54) is 11.1 Å². The van der Waals surface area contributed by atoms with Crippen LogP contribution < -0.4 is 0 Å². The van der Waals surface area contributed by atoms with Crippen molar-refractivity contribution >= 4 is 5.69 Å². The molecule has 0 heterocycles. The first-order chi connectivity index (χ1) is 7.72. The Morgan fingerprint density at radius 1 is 0.875 bits per heavy atom. The fourth-order valence-electron chi connectivity index (χ4n) is 1.88. The van der Waals surface area contributed by atoms with Crippen molar-refractivity contribution in [3.05, 3.63) is 58.5 Å². The normalized spacial score (nSPS) is 10.1. The van der Waals surface area contributed by atoms with Crippen LogP contribution in [0.3, 0.4) is 0 Å². The zero-order chi connectivity index (χ0) is 11.5. The Balaban J connectivity index is 2.57. The first-order valence-corrected chi connectivity index (χ1v) is 5.22. The maximum Gasteiger partial charge on any atom is 0.108 e. The maximum atomic E-state index is 10.4. The van der Waals surface area contributed by atoms with E-state index >= 15 is 0 Å². The third-order valence-corrected chi connectivity index (χ3v) is 2.75. The van der Waals surface area contributed by atoms with E-state index in [1.54, 1.807) is 6.07 Å². The molecule has 2 rings (SSSR count). The van der Waals surface area contributed by atoms with E-state index in [2.05, 4.69) is 24.2 Å². The second-order valence-electron chi connectivity index (χ2n) is 3.91. The Morgan fingerprint density at radius 3 is 2.19 bits per heavy atom. The van der Waals surface area contributed by atoms with Gasteiger partial charge in [0.05, 0.1) is 0 Å². The number of nitroso groups, excluding NO2 is 1. The summed E-state index contributed by atoms with van der Waals surface area (Å²) in [7, 11) is 0. The lowest BCUT2D eigenvalue weighted by atomic mass is 9.96. The first-order valence-electron chi connectivity index (χ1n) is 5.22. The average molecular weight is 211 g/mol. The van der Waals surface area contributed by atoms with Crippen LogP contribution in [0.15, 0.2) is 47.6 Å². The van der Waals surface area contributed by atoms with Crippen LogP contribution in [0.4, 0.5) is 5.69 Å². The van der Waals surface area contributed by atoms with Gasteiger partial charge in [0, 0.05) is 0 Å². The SMILES string of the molecule is Cc1ccccc1-c1ccc(N=O)cc1C. The molecule has 2 aromatic rings. The summed E-state index contributed by atoms with van der Waals surface area (Å²) in [5, 5.41) is 2.94. The summed E-state index contributed by atoms with van der Waals surface area (Å²) in [6, 6.07) is 13.7. The van der Waals surface area contributed by atoms with Gasteiger partial charge in [-0.05, 0) is 53.4 Å². The molecule has 2 aromatic carbocycles. The molecule has 0 N–H and O–H groups in total. The van der Waals surface area contributed by atoms with Crippen molar-refractivity contribution in [2.75, 3.05) is 0 Å². The number of aryl methyl sites for hydroxylation is 2. The molecule has 0 unspecified atom stereocenters. The molecule has 0 aromatic heterocycles. The van der Waals surface area contributed by atoms with Gasteiger partial charge in [0.25, 0.3) is 0 Å². The molecule has 16 heavy (non-hydrogen) atoms. The summed E-state index contributed by atoms with van der Waals surface area (Å²) in [6.45, 7) is 4.08. The van der Waals surface area contributed by atoms with Crippen molar-refractivity contribution in [1.29, 1.82) is 0 Å². The molecular formula is C14H13NO. The van der Waals surface area contributed by atoms with E-state index in [0.29, 0.717) is 5.69 Å². The molecule has 0 aliphatic carbocycles. The van der Waals surface area contributed by atoms with Crippen LogP contribution in [0.2, 0.25) is 0 Å². The summed E-state index contributed by atoms with van der Waals surface area (Å²) in [6.07, 6.45) is 0. The molecule has 2 heteroatoms. The summed E-state index contributed by atoms with van der Waals surface area (Å²) in [5.74, 6) is 0. The maximum absolute atomic E-state index is 10.4. The van der Waals surface area contributed by atoms with E-state index < -0.39 is 0 Å². The van der Waals surface area contributed by atoms with Gasteiger partial charge in [-0.15, -0.1) is 4.91 Å². The van der Waals surface area contributed by atoms with Gasteiger partial charge < -0.3 is 0 Å². The van der Waals surface area contributed by atoms with E-state index in [4.69, 9.17) is 0 Å². The molecule has 0 aliphatic heterocycles. The minimum atomic E-state index is 0.481. The van der Waals surface area contributed by atoms with Crippen molar-refractivity contribution < 1.29 is 0 Å². The predicted molar refractivity (Wildman–Crippen MR) is 66.8 cm³/mol. The molecule has 0 saturated heterocycles. The number of nitrogens with zero attached hydrogens (tertiary/aromatic N) is 1. The molecule has 0 aliphatic rings. The lowest BCUT2D eigenvalue weighted by Gasteiger charge is -2.09. The zero-order valence-electron chi connectivity index (χ0n) is 9.40. The van der Waals surface area contributed by atoms with Gasteiger partial charge in [0.1, 0.15) is 5.69 Å². The third-order valence-electron chi connectivity index (χ3n) is 2.75. The van der Waals surface area contributed by atoms with E-state index in [-0.39, 0.29) is 0 Å². The van der Waals surface area contributed by atoms with Crippen LogP contribution in [0, 0.1) is 18.8 Å². The van der Waals surface area contributed by atoms with Crippen molar-refractivity contribution in [3.8, 4) is 11.1 Å². The molecule has 80 valence electrons. The minimum absolute atomic E-state index is 0.481. The minimum Gasteiger partial charge on any atom is -0.145 e. The molecule has 2 nitrogen and oxygen atoms in total. The molecule has 0 fully saturated rings. The van der Waals surface area contributed by atoms with Crippen LogP contribution >= 0.6 is 0 Å². The monoisotopic (exact) mass is 211 g/mol. The van der Waals surface area contributed by atoms with Gasteiger partial charge in [-0.3, -0.25) is 0 Å². The van der Waals surface area contributed by atoms with E-state index in [0.717, 1.165) is 11.1 Å². The van der Waals surface area contributed by atoms with Crippen molar-refractivity contribution in [1.82, 2.24) is 0 Å². The lowest BCUT2D eigenvalue weighted by Crippen LogP contribution is -1.86. The highest BCUT2D eigenvalue weighted by Gasteiger charge is 2.05. The number of hydrogen-bond donors (Lipinski definition) is 0. The number of hydrogen-bond acceptors (Lipinski definition) is 2. The summed E-state index contributed by atoms with van der Waals surface area (Å²) in [5.41, 5.74) is 5.15. The molecule has 0 spiro atoms. The average Bonchev–Trinajstić information content (AvgIpc) is 2.30. The van der Waals surface area contributed by atoms with Crippen LogP contribution in [0.25, 0.3) is 11.1 Å². The second kappa shape index (κ2) is 4.27. The highest BCUT2D eigenvalue weighted by molar-refractivity contribution is 5.72. The Bertz CT molecular complexity index is 532. The molecule has 0 radical (unpaired) electrons. The lowest BCUT2D eigenvalue weighted by molar-refractivity contribution is 1.38. The Morgan fingerprint density at radius 2 is 1.56 bits per heavy atom. The van der Waals surface area contributed by atoms with Crippen molar-refractivity contribution in [2.45, 2.75) is 13.8 Å². The van der Waals surface area contributed by atoms with E-state index in [9.17, 15) is 4.91 Å². The van der Waals surface area contributed by atoms with Crippen LogP contribution in [-0.2, 0) is 0 Å². The number of rotatable bonds is 2. The largest absolute Gasteiger partial charge is 0.145 e. The van der Waals surface area contributed by atoms with Gasteiger partial charge >= 0.3 is 0 Å². The highest BCUT2D eigenvalue weighted by atomic mass is 16.3. The molecular weight excluding hydrogens is 198 g/mol. The molecule has 0 amide bonds. The van der Waals surface area contributed by atoms with Crippen LogP contribution in [0.5, 0.6) is 0 Å². The Labute approximate surface area is 94.9 Å². The fourth-order valence-corrected chi connectivity index (χ4v) is 1.88. The Kier molecular flexibility index (Phi) is 2.82. The van der Waals surface area contributed by atoms with Gasteiger partial charge in [0.2, 0.25) is 0 Å². The molecule has 0 bridgehead atoms. The number of benzene rings is 2. The smallest absolute Gasteiger partial charge is 0.108 e.